The number of rotatable bonds is 5. The highest BCUT2D eigenvalue weighted by Gasteiger charge is 2.10. The van der Waals surface area contributed by atoms with Crippen molar-refractivity contribution in [1.29, 1.82) is 0 Å². The average molecular weight is 229 g/mol. The van der Waals surface area contributed by atoms with E-state index in [1.54, 1.807) is 0 Å². The summed E-state index contributed by atoms with van der Waals surface area (Å²) < 4.78 is 0. The van der Waals surface area contributed by atoms with E-state index in [-0.39, 0.29) is 0 Å². The lowest BCUT2D eigenvalue weighted by Gasteiger charge is -2.20. The van der Waals surface area contributed by atoms with Gasteiger partial charge in [0.15, 0.2) is 0 Å². The minimum absolute atomic E-state index is 0.607. The topological polar surface area (TPSA) is 12.0 Å². The molecule has 1 aromatic rings. The summed E-state index contributed by atoms with van der Waals surface area (Å²) in [5.74, 6) is 1.46. The summed E-state index contributed by atoms with van der Waals surface area (Å²) in [4.78, 5) is 0. The van der Waals surface area contributed by atoms with Gasteiger partial charge in [0, 0.05) is 6.54 Å². The van der Waals surface area contributed by atoms with Crippen molar-refractivity contribution in [1.82, 2.24) is 5.32 Å². The van der Waals surface area contributed by atoms with Gasteiger partial charge in [-0.25, -0.2) is 0 Å². The quantitative estimate of drug-likeness (QED) is 0.758. The number of benzene rings is 1. The normalized spacial score (nSPS) is 21.4. The van der Waals surface area contributed by atoms with E-state index in [0.717, 1.165) is 12.5 Å². The largest absolute Gasteiger partial charge is 0.316 e. The number of allylic oxidation sites excluding steroid dienone is 2. The minimum atomic E-state index is 0.607. The third kappa shape index (κ3) is 4.01. The van der Waals surface area contributed by atoms with E-state index in [1.807, 2.05) is 0 Å². The summed E-state index contributed by atoms with van der Waals surface area (Å²) in [5, 5.41) is 3.62. The molecule has 1 nitrogen and oxygen atoms in total. The van der Waals surface area contributed by atoms with Crippen molar-refractivity contribution in [2.45, 2.75) is 32.1 Å². The zero-order valence-corrected chi connectivity index (χ0v) is 10.7. The Balaban J connectivity index is 1.70. The molecule has 1 aliphatic carbocycles. The van der Waals surface area contributed by atoms with Crippen molar-refractivity contribution in [2.24, 2.45) is 5.92 Å². The van der Waals surface area contributed by atoms with Crippen LogP contribution in [-0.4, -0.2) is 13.1 Å². The molecular formula is C16H23N. The lowest BCUT2D eigenvalue weighted by molar-refractivity contribution is 0.434. The van der Waals surface area contributed by atoms with E-state index in [1.165, 1.54) is 31.4 Å². The Morgan fingerprint density at radius 1 is 1.24 bits per heavy atom. The predicted octanol–water partition coefficient (Wildman–Crippen LogP) is 3.74. The number of hydrogen-bond donors (Lipinski definition) is 1. The third-order valence-corrected chi connectivity index (χ3v) is 3.63. The van der Waals surface area contributed by atoms with E-state index in [2.05, 4.69) is 54.7 Å². The van der Waals surface area contributed by atoms with Gasteiger partial charge in [-0.3, -0.25) is 0 Å². The first kappa shape index (κ1) is 12.4. The molecule has 0 saturated carbocycles. The smallest absolute Gasteiger partial charge is 0.00176 e. The van der Waals surface area contributed by atoms with Crippen LogP contribution in [0.4, 0.5) is 0 Å². The molecule has 0 aliphatic heterocycles. The fourth-order valence-corrected chi connectivity index (χ4v) is 2.45. The van der Waals surface area contributed by atoms with Crippen molar-refractivity contribution >= 4 is 0 Å². The summed E-state index contributed by atoms with van der Waals surface area (Å²) in [6, 6.07) is 10.8. The van der Waals surface area contributed by atoms with Crippen molar-refractivity contribution in [3.05, 3.63) is 48.0 Å². The van der Waals surface area contributed by atoms with E-state index < -0.39 is 0 Å². The molecule has 0 radical (unpaired) electrons. The van der Waals surface area contributed by atoms with Crippen LogP contribution in [0.15, 0.2) is 42.5 Å². The van der Waals surface area contributed by atoms with E-state index in [9.17, 15) is 0 Å². The van der Waals surface area contributed by atoms with E-state index >= 15 is 0 Å². The van der Waals surface area contributed by atoms with Gasteiger partial charge in [0.25, 0.3) is 0 Å². The summed E-state index contributed by atoms with van der Waals surface area (Å²) in [7, 11) is 0. The first-order valence-corrected chi connectivity index (χ1v) is 6.77. The van der Waals surface area contributed by atoms with Gasteiger partial charge in [-0.2, -0.15) is 0 Å². The molecule has 2 atom stereocenters. The molecule has 1 aromatic carbocycles. The van der Waals surface area contributed by atoms with Crippen molar-refractivity contribution < 1.29 is 0 Å². The van der Waals surface area contributed by atoms with Crippen LogP contribution >= 0.6 is 0 Å². The molecule has 0 bridgehead atoms. The van der Waals surface area contributed by atoms with Gasteiger partial charge < -0.3 is 5.32 Å². The minimum Gasteiger partial charge on any atom is -0.316 e. The molecule has 0 amide bonds. The molecule has 1 heteroatoms. The SMILES string of the molecule is CC(CNCC1CC=CCC1)c1ccccc1. The lowest BCUT2D eigenvalue weighted by Crippen LogP contribution is -2.27. The van der Waals surface area contributed by atoms with Gasteiger partial charge in [-0.15, -0.1) is 0 Å². The van der Waals surface area contributed by atoms with Gasteiger partial charge in [0.1, 0.15) is 0 Å². The molecule has 17 heavy (non-hydrogen) atoms. The Hall–Kier alpha value is -1.08. The second-order valence-electron chi connectivity index (χ2n) is 5.12. The van der Waals surface area contributed by atoms with E-state index in [4.69, 9.17) is 0 Å². The number of nitrogens with one attached hydrogen (secondary N) is 1. The molecule has 92 valence electrons. The Labute approximate surface area is 105 Å². The monoisotopic (exact) mass is 229 g/mol. The van der Waals surface area contributed by atoms with Gasteiger partial charge in [0.05, 0.1) is 0 Å². The molecule has 2 rings (SSSR count). The highest BCUT2D eigenvalue weighted by Crippen LogP contribution is 2.18. The Morgan fingerprint density at radius 2 is 2.06 bits per heavy atom. The zero-order chi connectivity index (χ0) is 11.9. The fraction of sp³-hybridized carbons (Fsp3) is 0.500. The molecule has 0 heterocycles. The molecule has 2 unspecified atom stereocenters. The first-order valence-electron chi connectivity index (χ1n) is 6.77. The second kappa shape index (κ2) is 6.61. The third-order valence-electron chi connectivity index (χ3n) is 3.63. The Bertz CT molecular complexity index is 342. The maximum absolute atomic E-state index is 3.62. The maximum atomic E-state index is 3.62. The van der Waals surface area contributed by atoms with Crippen LogP contribution < -0.4 is 5.32 Å². The maximum Gasteiger partial charge on any atom is 0.00176 e. The lowest BCUT2D eigenvalue weighted by atomic mass is 9.94. The molecule has 1 aliphatic rings. The van der Waals surface area contributed by atoms with Crippen molar-refractivity contribution in [2.75, 3.05) is 13.1 Å². The van der Waals surface area contributed by atoms with Crippen LogP contribution in [0.2, 0.25) is 0 Å². The summed E-state index contributed by atoms with van der Waals surface area (Å²) in [5.41, 5.74) is 1.43. The zero-order valence-electron chi connectivity index (χ0n) is 10.7. The molecule has 1 N–H and O–H groups in total. The Kier molecular flexibility index (Phi) is 4.81. The van der Waals surface area contributed by atoms with Crippen LogP contribution in [0, 0.1) is 5.92 Å². The molecule has 0 fully saturated rings. The second-order valence-corrected chi connectivity index (χ2v) is 5.12. The average Bonchev–Trinajstić information content (AvgIpc) is 2.41. The van der Waals surface area contributed by atoms with E-state index in [0.29, 0.717) is 5.92 Å². The fourth-order valence-electron chi connectivity index (χ4n) is 2.45. The molecule has 0 saturated heterocycles. The summed E-state index contributed by atoms with van der Waals surface area (Å²) in [6.45, 7) is 4.55. The number of hydrogen-bond acceptors (Lipinski definition) is 1. The Morgan fingerprint density at radius 3 is 2.76 bits per heavy atom. The van der Waals surface area contributed by atoms with Crippen LogP contribution in [0.1, 0.15) is 37.7 Å². The highest BCUT2D eigenvalue weighted by molar-refractivity contribution is 5.18. The van der Waals surface area contributed by atoms with Gasteiger partial charge >= 0.3 is 0 Å². The summed E-state index contributed by atoms with van der Waals surface area (Å²) >= 11 is 0. The van der Waals surface area contributed by atoms with Crippen LogP contribution in [-0.2, 0) is 0 Å². The molecule has 0 aromatic heterocycles. The van der Waals surface area contributed by atoms with Crippen LogP contribution in [0.3, 0.4) is 0 Å². The standard InChI is InChI=1S/C16H23N/c1-14(16-10-6-3-7-11-16)12-17-13-15-8-4-2-5-9-15/h2-4,6-7,10-11,14-15,17H,5,8-9,12-13H2,1H3. The van der Waals surface area contributed by atoms with Gasteiger partial charge in [-0.05, 0) is 43.2 Å². The first-order chi connectivity index (χ1) is 8.36. The van der Waals surface area contributed by atoms with Crippen LogP contribution in [0.25, 0.3) is 0 Å². The van der Waals surface area contributed by atoms with Crippen LogP contribution in [0.5, 0.6) is 0 Å². The highest BCUT2D eigenvalue weighted by atomic mass is 14.9. The predicted molar refractivity (Wildman–Crippen MR) is 74.2 cm³/mol. The summed E-state index contributed by atoms with van der Waals surface area (Å²) in [6.07, 6.45) is 8.51. The van der Waals surface area contributed by atoms with Crippen molar-refractivity contribution in [3.63, 3.8) is 0 Å². The van der Waals surface area contributed by atoms with Gasteiger partial charge in [0.2, 0.25) is 0 Å². The van der Waals surface area contributed by atoms with Crippen molar-refractivity contribution in [3.8, 4) is 0 Å². The molecular weight excluding hydrogens is 206 g/mol. The molecule has 0 spiro atoms. The van der Waals surface area contributed by atoms with Gasteiger partial charge in [-0.1, -0.05) is 49.4 Å².